The van der Waals surface area contributed by atoms with Crippen molar-refractivity contribution in [3.63, 3.8) is 0 Å². The predicted octanol–water partition coefficient (Wildman–Crippen LogP) is 3.30. The Hall–Kier alpha value is -2.85. The van der Waals surface area contributed by atoms with E-state index in [2.05, 4.69) is 5.32 Å². The number of benzene rings is 2. The highest BCUT2D eigenvalue weighted by Gasteiger charge is 2.11. The van der Waals surface area contributed by atoms with Crippen molar-refractivity contribution in [1.29, 1.82) is 0 Å². The van der Waals surface area contributed by atoms with Crippen LogP contribution in [0.3, 0.4) is 0 Å². The van der Waals surface area contributed by atoms with E-state index in [-0.39, 0.29) is 12.5 Å². The molecule has 4 heteroatoms. The third-order valence-corrected chi connectivity index (χ3v) is 3.62. The molecular formula is C19H17NO3. The molecule has 1 aromatic heterocycles. The lowest BCUT2D eigenvalue weighted by atomic mass is 10.0. The maximum Gasteiger partial charge on any atom is 0.244 e. The number of rotatable bonds is 5. The van der Waals surface area contributed by atoms with Crippen LogP contribution in [0.15, 0.2) is 71.6 Å². The molecule has 2 N–H and O–H groups in total. The molecule has 0 aliphatic carbocycles. The molecule has 0 aliphatic rings. The van der Waals surface area contributed by atoms with Gasteiger partial charge in [0.2, 0.25) is 5.91 Å². The minimum Gasteiger partial charge on any atom is -0.472 e. The predicted molar refractivity (Wildman–Crippen MR) is 89.7 cm³/mol. The van der Waals surface area contributed by atoms with E-state index in [4.69, 9.17) is 4.42 Å². The second-order valence-electron chi connectivity index (χ2n) is 5.22. The first-order chi connectivity index (χ1) is 11.2. The fraction of sp³-hybridized carbons (Fsp3) is 0.105. The molecule has 0 radical (unpaired) electrons. The van der Waals surface area contributed by atoms with Gasteiger partial charge in [-0.15, -0.1) is 0 Å². The molecular weight excluding hydrogens is 290 g/mol. The number of fused-ring (bicyclic) bond motifs is 1. The van der Waals surface area contributed by atoms with Gasteiger partial charge >= 0.3 is 0 Å². The Balaban J connectivity index is 1.64. The summed E-state index contributed by atoms with van der Waals surface area (Å²) < 4.78 is 4.92. The van der Waals surface area contributed by atoms with Crippen molar-refractivity contribution < 1.29 is 14.3 Å². The number of amides is 1. The third-order valence-electron chi connectivity index (χ3n) is 3.62. The van der Waals surface area contributed by atoms with Crippen LogP contribution in [-0.4, -0.2) is 17.6 Å². The van der Waals surface area contributed by atoms with Crippen molar-refractivity contribution in [3.05, 3.63) is 78.3 Å². The van der Waals surface area contributed by atoms with Crippen molar-refractivity contribution in [2.75, 3.05) is 6.54 Å². The third kappa shape index (κ3) is 3.67. The van der Waals surface area contributed by atoms with Crippen LogP contribution in [-0.2, 0) is 4.79 Å². The Morgan fingerprint density at radius 1 is 1.17 bits per heavy atom. The van der Waals surface area contributed by atoms with E-state index in [0.29, 0.717) is 0 Å². The molecule has 0 saturated heterocycles. The van der Waals surface area contributed by atoms with E-state index in [9.17, 15) is 9.90 Å². The summed E-state index contributed by atoms with van der Waals surface area (Å²) >= 11 is 0. The zero-order chi connectivity index (χ0) is 16.1. The fourth-order valence-electron chi connectivity index (χ4n) is 2.45. The molecule has 0 aliphatic heterocycles. The SMILES string of the molecule is O=C(/C=C/c1ccoc1)NCC(O)c1cccc2ccccc12. The molecule has 3 rings (SSSR count). The molecule has 0 saturated carbocycles. The Kier molecular flexibility index (Phi) is 4.54. The first-order valence-electron chi connectivity index (χ1n) is 7.38. The maximum absolute atomic E-state index is 11.8. The van der Waals surface area contributed by atoms with Gasteiger partial charge in [-0.2, -0.15) is 0 Å². The molecule has 1 unspecified atom stereocenters. The van der Waals surface area contributed by atoms with Crippen LogP contribution >= 0.6 is 0 Å². The molecule has 116 valence electrons. The van der Waals surface area contributed by atoms with Crippen LogP contribution in [0.5, 0.6) is 0 Å². The van der Waals surface area contributed by atoms with E-state index in [1.54, 1.807) is 24.7 Å². The number of hydrogen-bond acceptors (Lipinski definition) is 3. The van der Waals surface area contributed by atoms with Crippen LogP contribution in [0.2, 0.25) is 0 Å². The molecule has 3 aromatic rings. The average Bonchev–Trinajstić information content (AvgIpc) is 3.11. The number of hydrogen-bond donors (Lipinski definition) is 2. The maximum atomic E-state index is 11.8. The van der Waals surface area contributed by atoms with Gasteiger partial charge in [-0.1, -0.05) is 42.5 Å². The van der Waals surface area contributed by atoms with Crippen molar-refractivity contribution in [2.24, 2.45) is 0 Å². The van der Waals surface area contributed by atoms with Crippen LogP contribution in [0.25, 0.3) is 16.8 Å². The van der Waals surface area contributed by atoms with Gasteiger partial charge in [-0.25, -0.2) is 0 Å². The molecule has 1 atom stereocenters. The van der Waals surface area contributed by atoms with Crippen LogP contribution < -0.4 is 5.32 Å². The van der Waals surface area contributed by atoms with E-state index in [0.717, 1.165) is 21.9 Å². The lowest BCUT2D eigenvalue weighted by Crippen LogP contribution is -2.26. The Morgan fingerprint density at radius 3 is 2.83 bits per heavy atom. The lowest BCUT2D eigenvalue weighted by molar-refractivity contribution is -0.116. The quantitative estimate of drug-likeness (QED) is 0.711. The van der Waals surface area contributed by atoms with Gasteiger partial charge < -0.3 is 14.8 Å². The summed E-state index contributed by atoms with van der Waals surface area (Å²) in [5.74, 6) is -0.259. The zero-order valence-corrected chi connectivity index (χ0v) is 12.5. The standard InChI is InChI=1S/C19H17NO3/c21-18(12-20-19(22)9-8-14-10-11-23-13-14)17-7-3-5-15-4-1-2-6-16(15)17/h1-11,13,18,21H,12H2,(H,20,22)/b9-8+. The summed E-state index contributed by atoms with van der Waals surface area (Å²) in [4.78, 5) is 11.8. The van der Waals surface area contributed by atoms with Crippen molar-refractivity contribution in [3.8, 4) is 0 Å². The molecule has 0 bridgehead atoms. The first-order valence-corrected chi connectivity index (χ1v) is 7.38. The highest BCUT2D eigenvalue weighted by molar-refractivity contribution is 5.91. The fourth-order valence-corrected chi connectivity index (χ4v) is 2.45. The number of aliphatic hydroxyl groups excluding tert-OH is 1. The van der Waals surface area contributed by atoms with Crippen molar-refractivity contribution in [2.45, 2.75) is 6.10 Å². The number of carbonyl (C=O) groups excluding carboxylic acids is 1. The van der Waals surface area contributed by atoms with Crippen LogP contribution in [0, 0.1) is 0 Å². The van der Waals surface area contributed by atoms with E-state index >= 15 is 0 Å². The Labute approximate surface area is 134 Å². The van der Waals surface area contributed by atoms with Crippen LogP contribution in [0.1, 0.15) is 17.2 Å². The second-order valence-corrected chi connectivity index (χ2v) is 5.22. The van der Waals surface area contributed by atoms with E-state index < -0.39 is 6.10 Å². The molecule has 0 spiro atoms. The van der Waals surface area contributed by atoms with Gasteiger partial charge in [0, 0.05) is 18.2 Å². The van der Waals surface area contributed by atoms with Gasteiger partial charge in [-0.05, 0) is 28.5 Å². The van der Waals surface area contributed by atoms with E-state index in [1.165, 1.54) is 6.08 Å². The van der Waals surface area contributed by atoms with Crippen molar-refractivity contribution in [1.82, 2.24) is 5.32 Å². The Bertz CT molecular complexity index is 816. The van der Waals surface area contributed by atoms with Crippen LogP contribution in [0.4, 0.5) is 0 Å². The number of aliphatic hydroxyl groups is 1. The summed E-state index contributed by atoms with van der Waals surface area (Å²) in [5, 5.41) is 15.1. The molecule has 0 fully saturated rings. The van der Waals surface area contributed by atoms with Gasteiger partial charge in [0.05, 0.1) is 18.6 Å². The molecule has 23 heavy (non-hydrogen) atoms. The smallest absolute Gasteiger partial charge is 0.244 e. The average molecular weight is 307 g/mol. The van der Waals surface area contributed by atoms with E-state index in [1.807, 2.05) is 42.5 Å². The minimum atomic E-state index is -0.757. The minimum absolute atomic E-state index is 0.155. The number of nitrogens with one attached hydrogen (secondary N) is 1. The normalized spacial score (nSPS) is 12.6. The first kappa shape index (κ1) is 15.1. The lowest BCUT2D eigenvalue weighted by Gasteiger charge is -2.14. The largest absolute Gasteiger partial charge is 0.472 e. The topological polar surface area (TPSA) is 62.5 Å². The highest BCUT2D eigenvalue weighted by atomic mass is 16.3. The Morgan fingerprint density at radius 2 is 2.00 bits per heavy atom. The van der Waals surface area contributed by atoms with Gasteiger partial charge in [0.25, 0.3) is 0 Å². The highest BCUT2D eigenvalue weighted by Crippen LogP contribution is 2.23. The molecule has 1 heterocycles. The van der Waals surface area contributed by atoms with Crippen molar-refractivity contribution >= 4 is 22.8 Å². The molecule has 2 aromatic carbocycles. The van der Waals surface area contributed by atoms with Gasteiger partial charge in [0.15, 0.2) is 0 Å². The second kappa shape index (κ2) is 6.94. The molecule has 4 nitrogen and oxygen atoms in total. The summed E-state index contributed by atoms with van der Waals surface area (Å²) in [6.07, 6.45) is 5.41. The van der Waals surface area contributed by atoms with Gasteiger partial charge in [-0.3, -0.25) is 4.79 Å². The summed E-state index contributed by atoms with van der Waals surface area (Å²) in [7, 11) is 0. The van der Waals surface area contributed by atoms with Gasteiger partial charge in [0.1, 0.15) is 0 Å². The summed E-state index contributed by atoms with van der Waals surface area (Å²) in [6.45, 7) is 0.155. The summed E-state index contributed by atoms with van der Waals surface area (Å²) in [6, 6.07) is 15.4. The zero-order valence-electron chi connectivity index (χ0n) is 12.5. The molecule has 1 amide bonds. The number of furan rings is 1. The monoisotopic (exact) mass is 307 g/mol. The summed E-state index contributed by atoms with van der Waals surface area (Å²) in [5.41, 5.74) is 1.62. The number of carbonyl (C=O) groups is 1.